The fraction of sp³-hybridized carbons (Fsp3) is 0.273. The zero-order chi connectivity index (χ0) is 13.7. The second-order valence-electron chi connectivity index (χ2n) is 3.65. The molecule has 0 aliphatic carbocycles. The van der Waals surface area contributed by atoms with Crippen molar-refractivity contribution in [3.05, 3.63) is 35.0 Å². The standard InChI is InChI=1S/C11H14N4O2S2/c1-2-13-9-3-4-12-7-10(9)19(16,17)15-8-11-14-5-6-18-11/h3-7,15H,2,8H2,1H3,(H,12,13). The first kappa shape index (κ1) is 13.9. The van der Waals surface area contributed by atoms with E-state index in [9.17, 15) is 8.42 Å². The number of sulfonamides is 1. The highest BCUT2D eigenvalue weighted by molar-refractivity contribution is 7.89. The van der Waals surface area contributed by atoms with Gasteiger partial charge in [0, 0.05) is 30.5 Å². The molecular weight excluding hydrogens is 284 g/mol. The van der Waals surface area contributed by atoms with Crippen molar-refractivity contribution in [1.82, 2.24) is 14.7 Å². The largest absolute Gasteiger partial charge is 0.384 e. The molecule has 0 aliphatic heterocycles. The van der Waals surface area contributed by atoms with Crippen molar-refractivity contribution in [2.75, 3.05) is 11.9 Å². The van der Waals surface area contributed by atoms with Gasteiger partial charge in [-0.3, -0.25) is 4.98 Å². The van der Waals surface area contributed by atoms with Crippen molar-refractivity contribution < 1.29 is 8.42 Å². The summed E-state index contributed by atoms with van der Waals surface area (Å²) in [7, 11) is -3.60. The van der Waals surface area contributed by atoms with Crippen molar-refractivity contribution in [1.29, 1.82) is 0 Å². The number of nitrogens with one attached hydrogen (secondary N) is 2. The van der Waals surface area contributed by atoms with E-state index in [1.54, 1.807) is 23.8 Å². The number of pyridine rings is 1. The fourth-order valence-corrected chi connectivity index (χ4v) is 3.26. The molecule has 2 N–H and O–H groups in total. The Morgan fingerprint density at radius 3 is 2.89 bits per heavy atom. The summed E-state index contributed by atoms with van der Waals surface area (Å²) in [5.74, 6) is 0. The SMILES string of the molecule is CCNc1ccncc1S(=O)(=O)NCc1nccs1. The van der Waals surface area contributed by atoms with Gasteiger partial charge in [0.1, 0.15) is 9.90 Å². The van der Waals surface area contributed by atoms with E-state index in [1.807, 2.05) is 6.92 Å². The van der Waals surface area contributed by atoms with Crippen LogP contribution in [-0.4, -0.2) is 24.9 Å². The Labute approximate surface area is 116 Å². The maximum Gasteiger partial charge on any atom is 0.244 e. The first-order valence-electron chi connectivity index (χ1n) is 5.69. The topological polar surface area (TPSA) is 84.0 Å². The minimum atomic E-state index is -3.60. The molecule has 0 fully saturated rings. The molecule has 6 nitrogen and oxygen atoms in total. The summed E-state index contributed by atoms with van der Waals surface area (Å²) >= 11 is 1.40. The van der Waals surface area contributed by atoms with Crippen molar-refractivity contribution in [2.45, 2.75) is 18.4 Å². The molecule has 8 heteroatoms. The highest BCUT2D eigenvalue weighted by Gasteiger charge is 2.18. The number of aromatic nitrogens is 2. The average molecular weight is 298 g/mol. The van der Waals surface area contributed by atoms with Crippen molar-refractivity contribution in [3.8, 4) is 0 Å². The summed E-state index contributed by atoms with van der Waals surface area (Å²) in [6.45, 7) is 2.72. The molecule has 2 aromatic heterocycles. The van der Waals surface area contributed by atoms with E-state index in [2.05, 4.69) is 20.0 Å². The Bertz CT molecular complexity index is 626. The van der Waals surface area contributed by atoms with Crippen LogP contribution in [0, 0.1) is 0 Å². The lowest BCUT2D eigenvalue weighted by Crippen LogP contribution is -2.24. The molecule has 0 spiro atoms. The van der Waals surface area contributed by atoms with Gasteiger partial charge in [0.05, 0.1) is 12.2 Å². The predicted octanol–water partition coefficient (Wildman–Crippen LogP) is 1.45. The first-order valence-corrected chi connectivity index (χ1v) is 8.05. The van der Waals surface area contributed by atoms with Gasteiger partial charge < -0.3 is 5.32 Å². The molecule has 0 radical (unpaired) electrons. The van der Waals surface area contributed by atoms with Gasteiger partial charge >= 0.3 is 0 Å². The number of thiazole rings is 1. The highest BCUT2D eigenvalue weighted by Crippen LogP contribution is 2.19. The number of hydrogen-bond donors (Lipinski definition) is 2. The summed E-state index contributed by atoms with van der Waals surface area (Å²) in [6, 6.07) is 1.64. The van der Waals surface area contributed by atoms with Gasteiger partial charge in [-0.15, -0.1) is 11.3 Å². The molecule has 0 unspecified atom stereocenters. The molecule has 0 aromatic carbocycles. The van der Waals surface area contributed by atoms with Gasteiger partial charge in [0.15, 0.2) is 0 Å². The Balaban J connectivity index is 2.19. The summed E-state index contributed by atoms with van der Waals surface area (Å²) in [5.41, 5.74) is 0.545. The lowest BCUT2D eigenvalue weighted by Gasteiger charge is -2.10. The Morgan fingerprint density at radius 2 is 2.21 bits per heavy atom. The third-order valence-electron chi connectivity index (χ3n) is 2.34. The molecule has 0 saturated carbocycles. The normalized spacial score (nSPS) is 11.4. The van der Waals surface area contributed by atoms with Crippen LogP contribution in [0.5, 0.6) is 0 Å². The maximum atomic E-state index is 12.2. The van der Waals surface area contributed by atoms with Gasteiger partial charge in [-0.25, -0.2) is 18.1 Å². The zero-order valence-electron chi connectivity index (χ0n) is 10.3. The molecule has 0 atom stereocenters. The van der Waals surface area contributed by atoms with E-state index in [-0.39, 0.29) is 11.4 Å². The van der Waals surface area contributed by atoms with Crippen LogP contribution in [0.4, 0.5) is 5.69 Å². The van der Waals surface area contributed by atoms with Crippen LogP contribution in [-0.2, 0) is 16.6 Å². The van der Waals surface area contributed by atoms with E-state index >= 15 is 0 Å². The molecule has 19 heavy (non-hydrogen) atoms. The van der Waals surface area contributed by atoms with Crippen LogP contribution in [0.1, 0.15) is 11.9 Å². The number of nitrogens with zero attached hydrogens (tertiary/aromatic N) is 2. The lowest BCUT2D eigenvalue weighted by molar-refractivity contribution is 0.581. The maximum absolute atomic E-state index is 12.2. The quantitative estimate of drug-likeness (QED) is 0.843. The second-order valence-corrected chi connectivity index (χ2v) is 6.37. The smallest absolute Gasteiger partial charge is 0.244 e. The predicted molar refractivity (Wildman–Crippen MR) is 74.5 cm³/mol. The monoisotopic (exact) mass is 298 g/mol. The minimum Gasteiger partial charge on any atom is -0.384 e. The minimum absolute atomic E-state index is 0.147. The highest BCUT2D eigenvalue weighted by atomic mass is 32.2. The lowest BCUT2D eigenvalue weighted by atomic mass is 10.4. The molecule has 0 bridgehead atoms. The Hall–Kier alpha value is -1.51. The van der Waals surface area contributed by atoms with Gasteiger partial charge in [0.2, 0.25) is 10.0 Å². The third-order valence-corrected chi connectivity index (χ3v) is 4.55. The van der Waals surface area contributed by atoms with Crippen LogP contribution in [0.2, 0.25) is 0 Å². The van der Waals surface area contributed by atoms with Gasteiger partial charge in [-0.1, -0.05) is 0 Å². The number of rotatable bonds is 6. The van der Waals surface area contributed by atoms with Crippen molar-refractivity contribution in [2.24, 2.45) is 0 Å². The van der Waals surface area contributed by atoms with E-state index in [0.717, 1.165) is 5.01 Å². The van der Waals surface area contributed by atoms with E-state index in [0.29, 0.717) is 12.2 Å². The molecule has 2 heterocycles. The zero-order valence-corrected chi connectivity index (χ0v) is 12.0. The van der Waals surface area contributed by atoms with Gasteiger partial charge in [0.25, 0.3) is 0 Å². The van der Waals surface area contributed by atoms with Crippen LogP contribution < -0.4 is 10.0 Å². The van der Waals surface area contributed by atoms with Crippen LogP contribution in [0.25, 0.3) is 0 Å². The van der Waals surface area contributed by atoms with Crippen LogP contribution in [0.15, 0.2) is 34.9 Å². The molecule has 0 saturated heterocycles. The third kappa shape index (κ3) is 3.49. The Kier molecular flexibility index (Phi) is 4.46. The van der Waals surface area contributed by atoms with E-state index < -0.39 is 10.0 Å². The Morgan fingerprint density at radius 1 is 1.37 bits per heavy atom. The van der Waals surface area contributed by atoms with Crippen molar-refractivity contribution in [3.63, 3.8) is 0 Å². The average Bonchev–Trinajstić information content (AvgIpc) is 2.91. The summed E-state index contributed by atoms with van der Waals surface area (Å²) in [4.78, 5) is 8.05. The summed E-state index contributed by atoms with van der Waals surface area (Å²) < 4.78 is 26.9. The summed E-state index contributed by atoms with van der Waals surface area (Å²) in [6.07, 6.45) is 4.53. The molecule has 0 aliphatic rings. The first-order chi connectivity index (χ1) is 9.13. The fourth-order valence-electron chi connectivity index (χ4n) is 1.51. The molecule has 102 valence electrons. The number of hydrogen-bond acceptors (Lipinski definition) is 6. The second kappa shape index (κ2) is 6.09. The van der Waals surface area contributed by atoms with E-state index in [4.69, 9.17) is 0 Å². The molecule has 2 aromatic rings. The van der Waals surface area contributed by atoms with Gasteiger partial charge in [-0.05, 0) is 13.0 Å². The summed E-state index contributed by atoms with van der Waals surface area (Å²) in [5, 5.41) is 5.53. The van der Waals surface area contributed by atoms with Gasteiger partial charge in [-0.2, -0.15) is 0 Å². The van der Waals surface area contributed by atoms with Crippen LogP contribution >= 0.6 is 11.3 Å². The van der Waals surface area contributed by atoms with Crippen molar-refractivity contribution >= 4 is 27.0 Å². The molecular formula is C11H14N4O2S2. The van der Waals surface area contributed by atoms with E-state index in [1.165, 1.54) is 17.5 Å². The van der Waals surface area contributed by atoms with Crippen LogP contribution in [0.3, 0.4) is 0 Å². The number of anilines is 1. The molecule has 2 rings (SSSR count). The molecule has 0 amide bonds.